The number of aromatic nitrogens is 1. The Bertz CT molecular complexity index is 370. The summed E-state index contributed by atoms with van der Waals surface area (Å²) in [4.78, 5) is 16.2. The number of ether oxygens (including phenoxy) is 1. The lowest BCUT2D eigenvalue weighted by molar-refractivity contribution is 0.0599. The second kappa shape index (κ2) is 5.21. The third-order valence-corrected chi connectivity index (χ3v) is 3.09. The van der Waals surface area contributed by atoms with Crippen LogP contribution in [-0.2, 0) is 4.74 Å². The molecule has 2 heterocycles. The van der Waals surface area contributed by atoms with Gasteiger partial charge in [0.15, 0.2) is 5.78 Å². The van der Waals surface area contributed by atoms with Crippen LogP contribution in [0.4, 0.5) is 0 Å². The zero-order chi connectivity index (χ0) is 11.4. The van der Waals surface area contributed by atoms with E-state index < -0.39 is 0 Å². The molecule has 0 unspecified atom stereocenters. The molecule has 16 heavy (non-hydrogen) atoms. The number of rotatable bonds is 3. The molecular weight excluding hydrogens is 202 g/mol. The van der Waals surface area contributed by atoms with Crippen LogP contribution in [0.1, 0.15) is 35.3 Å². The summed E-state index contributed by atoms with van der Waals surface area (Å²) in [6.45, 7) is 3.52. The molecule has 0 aromatic carbocycles. The highest BCUT2D eigenvalue weighted by atomic mass is 16.5. The van der Waals surface area contributed by atoms with Gasteiger partial charge in [-0.1, -0.05) is 6.07 Å². The molecular formula is C13H17NO2. The van der Waals surface area contributed by atoms with Gasteiger partial charge in [-0.05, 0) is 37.3 Å². The van der Waals surface area contributed by atoms with Crippen molar-refractivity contribution in [3.8, 4) is 0 Å². The summed E-state index contributed by atoms with van der Waals surface area (Å²) in [6.07, 6.45) is 4.29. The molecule has 0 bridgehead atoms. The average Bonchev–Trinajstić information content (AvgIpc) is 2.31. The third-order valence-electron chi connectivity index (χ3n) is 3.09. The molecule has 1 aliphatic rings. The minimum atomic E-state index is 0.171. The van der Waals surface area contributed by atoms with Crippen molar-refractivity contribution in [3.63, 3.8) is 0 Å². The fourth-order valence-electron chi connectivity index (χ4n) is 2.09. The van der Waals surface area contributed by atoms with Gasteiger partial charge in [-0.25, -0.2) is 0 Å². The van der Waals surface area contributed by atoms with E-state index in [0.717, 1.165) is 31.6 Å². The molecule has 2 rings (SSSR count). The van der Waals surface area contributed by atoms with Crippen LogP contribution < -0.4 is 0 Å². The monoisotopic (exact) mass is 219 g/mol. The molecule has 1 saturated heterocycles. The Balaban J connectivity index is 2.00. The van der Waals surface area contributed by atoms with Gasteiger partial charge >= 0.3 is 0 Å². The first-order chi connectivity index (χ1) is 7.77. The zero-order valence-corrected chi connectivity index (χ0v) is 9.61. The van der Waals surface area contributed by atoms with E-state index in [1.165, 1.54) is 0 Å². The second-order valence-electron chi connectivity index (χ2n) is 4.35. The zero-order valence-electron chi connectivity index (χ0n) is 9.61. The molecule has 86 valence electrons. The van der Waals surface area contributed by atoms with Gasteiger partial charge < -0.3 is 4.74 Å². The predicted octanol–water partition coefficient (Wildman–Crippen LogP) is 2.39. The molecule has 1 aromatic rings. The van der Waals surface area contributed by atoms with Crippen molar-refractivity contribution < 1.29 is 9.53 Å². The number of carbonyl (C=O) groups excluding carboxylic acids is 1. The predicted molar refractivity (Wildman–Crippen MR) is 61.5 cm³/mol. The third kappa shape index (κ3) is 2.67. The Morgan fingerprint density at radius 3 is 2.94 bits per heavy atom. The van der Waals surface area contributed by atoms with E-state index >= 15 is 0 Å². The number of hydrogen-bond acceptors (Lipinski definition) is 3. The fourth-order valence-corrected chi connectivity index (χ4v) is 2.09. The summed E-state index contributed by atoms with van der Waals surface area (Å²) in [5, 5.41) is 0. The van der Waals surface area contributed by atoms with Gasteiger partial charge in [0, 0.05) is 25.8 Å². The summed E-state index contributed by atoms with van der Waals surface area (Å²) >= 11 is 0. The highest BCUT2D eigenvalue weighted by Gasteiger charge is 2.19. The largest absolute Gasteiger partial charge is 0.381 e. The lowest BCUT2D eigenvalue weighted by atomic mass is 9.92. The average molecular weight is 219 g/mol. The fraction of sp³-hybridized carbons (Fsp3) is 0.538. The van der Waals surface area contributed by atoms with Crippen LogP contribution in [0.15, 0.2) is 18.3 Å². The van der Waals surface area contributed by atoms with Crippen molar-refractivity contribution in [2.24, 2.45) is 5.92 Å². The summed E-state index contributed by atoms with van der Waals surface area (Å²) in [7, 11) is 0. The minimum absolute atomic E-state index is 0.171. The highest BCUT2D eigenvalue weighted by Crippen LogP contribution is 2.21. The minimum Gasteiger partial charge on any atom is -0.381 e. The van der Waals surface area contributed by atoms with Gasteiger partial charge in [0.05, 0.1) is 0 Å². The number of ketones is 1. The normalized spacial score (nSPS) is 17.3. The van der Waals surface area contributed by atoms with E-state index in [-0.39, 0.29) is 5.78 Å². The maximum atomic E-state index is 12.0. The van der Waals surface area contributed by atoms with Gasteiger partial charge in [-0.2, -0.15) is 0 Å². The summed E-state index contributed by atoms with van der Waals surface area (Å²) in [5.41, 5.74) is 1.61. The molecule has 0 amide bonds. The van der Waals surface area contributed by atoms with Crippen molar-refractivity contribution in [2.45, 2.75) is 26.2 Å². The van der Waals surface area contributed by atoms with E-state index in [4.69, 9.17) is 4.74 Å². The van der Waals surface area contributed by atoms with Crippen LogP contribution in [0.2, 0.25) is 0 Å². The molecule has 0 N–H and O–H groups in total. The first-order valence-electron chi connectivity index (χ1n) is 5.80. The van der Waals surface area contributed by atoms with Crippen LogP contribution in [0, 0.1) is 12.8 Å². The van der Waals surface area contributed by atoms with Crippen LogP contribution in [0.5, 0.6) is 0 Å². The Morgan fingerprint density at radius 1 is 1.50 bits per heavy atom. The van der Waals surface area contributed by atoms with Gasteiger partial charge in [0.1, 0.15) is 5.69 Å². The summed E-state index contributed by atoms with van der Waals surface area (Å²) in [6, 6.07) is 3.80. The second-order valence-corrected chi connectivity index (χ2v) is 4.35. The maximum Gasteiger partial charge on any atom is 0.181 e. The lowest BCUT2D eigenvalue weighted by Crippen LogP contribution is -2.19. The molecule has 3 nitrogen and oxygen atoms in total. The first-order valence-corrected chi connectivity index (χ1v) is 5.80. The van der Waals surface area contributed by atoms with Crippen LogP contribution in [0.3, 0.4) is 0 Å². The summed E-state index contributed by atoms with van der Waals surface area (Å²) < 4.78 is 5.28. The Kier molecular flexibility index (Phi) is 3.67. The Morgan fingerprint density at radius 2 is 2.25 bits per heavy atom. The van der Waals surface area contributed by atoms with Gasteiger partial charge in [0.2, 0.25) is 0 Å². The van der Waals surface area contributed by atoms with E-state index in [1.54, 1.807) is 6.20 Å². The number of nitrogens with zero attached hydrogens (tertiary/aromatic N) is 1. The van der Waals surface area contributed by atoms with Gasteiger partial charge in [-0.15, -0.1) is 0 Å². The SMILES string of the molecule is Cc1cccnc1C(=O)CC1CCOCC1. The Hall–Kier alpha value is -1.22. The number of pyridine rings is 1. The quantitative estimate of drug-likeness (QED) is 0.733. The van der Waals surface area contributed by atoms with Gasteiger partial charge in [0.25, 0.3) is 0 Å². The molecule has 3 heteroatoms. The molecule has 0 atom stereocenters. The van der Waals surface area contributed by atoms with Gasteiger partial charge in [-0.3, -0.25) is 9.78 Å². The molecule has 0 aliphatic carbocycles. The van der Waals surface area contributed by atoms with E-state index in [9.17, 15) is 4.79 Å². The first kappa shape index (κ1) is 11.3. The molecule has 1 aromatic heterocycles. The van der Waals surface area contributed by atoms with Crippen molar-refractivity contribution in [3.05, 3.63) is 29.6 Å². The van der Waals surface area contributed by atoms with Crippen molar-refractivity contribution >= 4 is 5.78 Å². The van der Waals surface area contributed by atoms with Crippen molar-refractivity contribution in [2.75, 3.05) is 13.2 Å². The number of carbonyl (C=O) groups is 1. The number of aryl methyl sites for hydroxylation is 1. The van der Waals surface area contributed by atoms with Crippen molar-refractivity contribution in [1.82, 2.24) is 4.98 Å². The Labute approximate surface area is 95.8 Å². The van der Waals surface area contributed by atoms with E-state index in [2.05, 4.69) is 4.98 Å². The molecule has 1 aliphatic heterocycles. The van der Waals surface area contributed by atoms with E-state index in [0.29, 0.717) is 18.0 Å². The molecule has 1 fully saturated rings. The van der Waals surface area contributed by atoms with Crippen molar-refractivity contribution in [1.29, 1.82) is 0 Å². The lowest BCUT2D eigenvalue weighted by Gasteiger charge is -2.21. The topological polar surface area (TPSA) is 39.2 Å². The molecule has 0 spiro atoms. The molecule has 0 saturated carbocycles. The smallest absolute Gasteiger partial charge is 0.181 e. The van der Waals surface area contributed by atoms with Crippen LogP contribution in [-0.4, -0.2) is 24.0 Å². The van der Waals surface area contributed by atoms with Crippen LogP contribution >= 0.6 is 0 Å². The highest BCUT2D eigenvalue weighted by molar-refractivity contribution is 5.95. The van der Waals surface area contributed by atoms with E-state index in [1.807, 2.05) is 19.1 Å². The summed E-state index contributed by atoms with van der Waals surface area (Å²) in [5.74, 6) is 0.646. The molecule has 0 radical (unpaired) electrons. The van der Waals surface area contributed by atoms with Crippen LogP contribution in [0.25, 0.3) is 0 Å². The number of hydrogen-bond donors (Lipinski definition) is 0. The number of Topliss-reactive ketones (excluding diaryl/α,β-unsaturated/α-hetero) is 1. The maximum absolute atomic E-state index is 12.0. The standard InChI is InChI=1S/C13H17NO2/c1-10-3-2-6-14-13(10)12(15)9-11-4-7-16-8-5-11/h2-3,6,11H,4-5,7-9H2,1H3.